The smallest absolute Gasteiger partial charge is 0.139 e. The normalized spacial score (nSPS) is 10.8. The molecule has 0 radical (unpaired) electrons. The number of furan rings is 1. The average Bonchev–Trinajstić information content (AvgIpc) is 2.81. The molecule has 0 aliphatic heterocycles. The van der Waals surface area contributed by atoms with E-state index in [0.29, 0.717) is 0 Å². The highest BCUT2D eigenvalue weighted by Gasteiger charge is 2.10. The molecule has 3 rings (SSSR count). The predicted molar refractivity (Wildman–Crippen MR) is 72.9 cm³/mol. The van der Waals surface area contributed by atoms with Gasteiger partial charge in [-0.2, -0.15) is 0 Å². The molecule has 0 amide bonds. The highest BCUT2D eigenvalue weighted by atomic mass is 16.5. The van der Waals surface area contributed by atoms with Crippen molar-refractivity contribution in [3.63, 3.8) is 0 Å². The minimum absolute atomic E-state index is 0.827. The van der Waals surface area contributed by atoms with E-state index in [1.807, 2.05) is 30.3 Å². The number of hydrogen-bond donors (Lipinski definition) is 0. The minimum Gasteiger partial charge on any atom is -0.496 e. The van der Waals surface area contributed by atoms with E-state index in [-0.39, 0.29) is 0 Å². The highest BCUT2D eigenvalue weighted by molar-refractivity contribution is 5.84. The molecule has 90 valence electrons. The van der Waals surface area contributed by atoms with Gasteiger partial charge < -0.3 is 9.15 Å². The van der Waals surface area contributed by atoms with Crippen LogP contribution in [-0.2, 0) is 0 Å². The molecule has 2 heteroatoms. The number of hydrogen-bond acceptors (Lipinski definition) is 2. The molecule has 1 heterocycles. The van der Waals surface area contributed by atoms with E-state index in [2.05, 4.69) is 25.1 Å². The molecule has 0 spiro atoms. The van der Waals surface area contributed by atoms with Crippen molar-refractivity contribution < 1.29 is 9.15 Å². The predicted octanol–water partition coefficient (Wildman–Crippen LogP) is 4.42. The molecule has 0 atom stereocenters. The Morgan fingerprint density at radius 2 is 1.83 bits per heavy atom. The molecule has 2 aromatic carbocycles. The van der Waals surface area contributed by atoms with Crippen molar-refractivity contribution in [2.45, 2.75) is 6.92 Å². The van der Waals surface area contributed by atoms with Crippen LogP contribution in [0.1, 0.15) is 5.56 Å². The van der Waals surface area contributed by atoms with Crippen molar-refractivity contribution in [1.82, 2.24) is 0 Å². The maximum absolute atomic E-state index is 5.87. The van der Waals surface area contributed by atoms with E-state index in [0.717, 1.165) is 28.0 Å². The molecule has 1 aromatic heterocycles. The number of para-hydroxylation sites is 1. The standard InChI is InChI=1S/C16H14O2/c1-11-7-8-14-12(9-11)10-16(18-14)13-5-3-4-6-15(13)17-2/h3-10H,1-2H3. The quantitative estimate of drug-likeness (QED) is 0.659. The van der Waals surface area contributed by atoms with E-state index in [1.165, 1.54) is 5.56 Å². The van der Waals surface area contributed by atoms with Gasteiger partial charge in [0.15, 0.2) is 0 Å². The van der Waals surface area contributed by atoms with Gasteiger partial charge in [-0.05, 0) is 37.3 Å². The van der Waals surface area contributed by atoms with Crippen molar-refractivity contribution in [2.75, 3.05) is 7.11 Å². The lowest BCUT2D eigenvalue weighted by molar-refractivity contribution is 0.415. The molecule has 18 heavy (non-hydrogen) atoms. The van der Waals surface area contributed by atoms with Gasteiger partial charge in [-0.1, -0.05) is 23.8 Å². The molecule has 0 aliphatic carbocycles. The Morgan fingerprint density at radius 3 is 2.67 bits per heavy atom. The van der Waals surface area contributed by atoms with Crippen molar-refractivity contribution >= 4 is 11.0 Å². The third-order valence-electron chi connectivity index (χ3n) is 3.04. The Balaban J connectivity index is 2.19. The first-order chi connectivity index (χ1) is 8.78. The van der Waals surface area contributed by atoms with E-state index in [4.69, 9.17) is 9.15 Å². The van der Waals surface area contributed by atoms with Gasteiger partial charge in [-0.25, -0.2) is 0 Å². The van der Waals surface area contributed by atoms with Crippen LogP contribution in [0.3, 0.4) is 0 Å². The van der Waals surface area contributed by atoms with Crippen LogP contribution in [0.4, 0.5) is 0 Å². The average molecular weight is 238 g/mol. The first kappa shape index (κ1) is 10.9. The van der Waals surface area contributed by atoms with Gasteiger partial charge in [0.05, 0.1) is 12.7 Å². The summed E-state index contributed by atoms with van der Waals surface area (Å²) in [4.78, 5) is 0. The van der Waals surface area contributed by atoms with Crippen molar-refractivity contribution in [1.29, 1.82) is 0 Å². The Bertz CT molecular complexity index is 695. The Labute approximate surface area is 106 Å². The number of benzene rings is 2. The highest BCUT2D eigenvalue weighted by Crippen LogP contribution is 2.33. The van der Waals surface area contributed by atoms with Gasteiger partial charge in [-0.3, -0.25) is 0 Å². The number of rotatable bonds is 2. The van der Waals surface area contributed by atoms with E-state index < -0.39 is 0 Å². The maximum atomic E-state index is 5.87. The Hall–Kier alpha value is -2.22. The fourth-order valence-corrected chi connectivity index (χ4v) is 2.14. The fraction of sp³-hybridized carbons (Fsp3) is 0.125. The Morgan fingerprint density at radius 1 is 1.00 bits per heavy atom. The summed E-state index contributed by atoms with van der Waals surface area (Å²) >= 11 is 0. The molecule has 0 saturated heterocycles. The number of methoxy groups -OCH3 is 1. The summed E-state index contributed by atoms with van der Waals surface area (Å²) in [6, 6.07) is 16.1. The van der Waals surface area contributed by atoms with Gasteiger partial charge >= 0.3 is 0 Å². The second kappa shape index (κ2) is 4.22. The van der Waals surface area contributed by atoms with Gasteiger partial charge in [0.2, 0.25) is 0 Å². The van der Waals surface area contributed by atoms with Crippen molar-refractivity contribution in [2.24, 2.45) is 0 Å². The second-order valence-corrected chi connectivity index (χ2v) is 4.35. The number of aryl methyl sites for hydroxylation is 1. The van der Waals surface area contributed by atoms with E-state index >= 15 is 0 Å². The minimum atomic E-state index is 0.827. The summed E-state index contributed by atoms with van der Waals surface area (Å²) in [7, 11) is 1.67. The molecule has 0 aliphatic rings. The lowest BCUT2D eigenvalue weighted by Crippen LogP contribution is -1.85. The lowest BCUT2D eigenvalue weighted by atomic mass is 10.1. The molecule has 0 bridgehead atoms. The third-order valence-corrected chi connectivity index (χ3v) is 3.04. The van der Waals surface area contributed by atoms with Crippen LogP contribution < -0.4 is 4.74 Å². The van der Waals surface area contributed by atoms with Crippen LogP contribution >= 0.6 is 0 Å². The molecule has 3 aromatic rings. The van der Waals surface area contributed by atoms with Gasteiger partial charge in [0.1, 0.15) is 17.1 Å². The summed E-state index contributed by atoms with van der Waals surface area (Å²) in [6.45, 7) is 2.08. The largest absolute Gasteiger partial charge is 0.496 e. The zero-order valence-corrected chi connectivity index (χ0v) is 10.4. The van der Waals surface area contributed by atoms with Gasteiger partial charge in [-0.15, -0.1) is 0 Å². The molecule has 2 nitrogen and oxygen atoms in total. The van der Waals surface area contributed by atoms with Crippen LogP contribution in [0.5, 0.6) is 5.75 Å². The molecule has 0 saturated carbocycles. The molecular weight excluding hydrogens is 224 g/mol. The zero-order valence-electron chi connectivity index (χ0n) is 10.4. The maximum Gasteiger partial charge on any atom is 0.139 e. The topological polar surface area (TPSA) is 22.4 Å². The van der Waals surface area contributed by atoms with Crippen LogP contribution in [-0.4, -0.2) is 7.11 Å². The first-order valence-electron chi connectivity index (χ1n) is 5.91. The monoisotopic (exact) mass is 238 g/mol. The van der Waals surface area contributed by atoms with Crippen molar-refractivity contribution in [3.8, 4) is 17.1 Å². The van der Waals surface area contributed by atoms with Crippen molar-refractivity contribution in [3.05, 3.63) is 54.1 Å². The van der Waals surface area contributed by atoms with E-state index in [1.54, 1.807) is 7.11 Å². The third kappa shape index (κ3) is 1.76. The number of fused-ring (bicyclic) bond motifs is 1. The summed E-state index contributed by atoms with van der Waals surface area (Å²) in [5, 5.41) is 1.12. The summed E-state index contributed by atoms with van der Waals surface area (Å²) in [6.07, 6.45) is 0. The molecule has 0 N–H and O–H groups in total. The SMILES string of the molecule is COc1ccccc1-c1cc2cc(C)ccc2o1. The van der Waals surface area contributed by atoms with Crippen LogP contribution in [0.2, 0.25) is 0 Å². The lowest BCUT2D eigenvalue weighted by Gasteiger charge is -2.04. The summed E-state index contributed by atoms with van der Waals surface area (Å²) in [5.74, 6) is 1.67. The molecule has 0 unspecified atom stereocenters. The van der Waals surface area contributed by atoms with Gasteiger partial charge in [0.25, 0.3) is 0 Å². The van der Waals surface area contributed by atoms with Crippen LogP contribution in [0.15, 0.2) is 52.9 Å². The zero-order chi connectivity index (χ0) is 12.5. The Kier molecular flexibility index (Phi) is 2.56. The van der Waals surface area contributed by atoms with E-state index in [9.17, 15) is 0 Å². The molecular formula is C16H14O2. The van der Waals surface area contributed by atoms with Crippen LogP contribution in [0.25, 0.3) is 22.3 Å². The van der Waals surface area contributed by atoms with Crippen LogP contribution in [0, 0.1) is 6.92 Å². The summed E-state index contributed by atoms with van der Waals surface area (Å²) in [5.41, 5.74) is 3.12. The number of ether oxygens (including phenoxy) is 1. The van der Waals surface area contributed by atoms with Gasteiger partial charge in [0, 0.05) is 5.39 Å². The fourth-order valence-electron chi connectivity index (χ4n) is 2.14. The second-order valence-electron chi connectivity index (χ2n) is 4.35. The molecule has 0 fully saturated rings. The summed E-state index contributed by atoms with van der Waals surface area (Å²) < 4.78 is 11.2. The first-order valence-corrected chi connectivity index (χ1v) is 5.91.